The predicted molar refractivity (Wildman–Crippen MR) is 64.6 cm³/mol. The van der Waals surface area contributed by atoms with Gasteiger partial charge in [0.2, 0.25) is 5.91 Å². The maximum atomic E-state index is 11.8. The van der Waals surface area contributed by atoms with E-state index in [1.165, 1.54) is 0 Å². The molecule has 88 valence electrons. The largest absolute Gasteiger partial charge is 0.393 e. The van der Waals surface area contributed by atoms with Crippen molar-refractivity contribution in [2.75, 3.05) is 13.7 Å². The summed E-state index contributed by atoms with van der Waals surface area (Å²) in [7, 11) is 1.59. The van der Waals surface area contributed by atoms with Crippen LogP contribution >= 0.6 is 12.2 Å². The minimum Gasteiger partial charge on any atom is -0.393 e. The van der Waals surface area contributed by atoms with Crippen LogP contribution in [0.15, 0.2) is 0 Å². The lowest BCUT2D eigenvalue weighted by atomic mass is 9.95. The maximum Gasteiger partial charge on any atom is 0.230 e. The first-order chi connectivity index (χ1) is 6.90. The van der Waals surface area contributed by atoms with E-state index in [-0.39, 0.29) is 22.9 Å². The van der Waals surface area contributed by atoms with Gasteiger partial charge in [-0.25, -0.2) is 0 Å². The van der Waals surface area contributed by atoms with Crippen LogP contribution in [0.5, 0.6) is 0 Å². The molecule has 0 bridgehead atoms. The van der Waals surface area contributed by atoms with Gasteiger partial charge in [0.1, 0.15) is 0 Å². The minimum absolute atomic E-state index is 0.0295. The molecular formula is C10H20N2O2S. The topological polar surface area (TPSA) is 64.3 Å². The van der Waals surface area contributed by atoms with Gasteiger partial charge >= 0.3 is 0 Å². The van der Waals surface area contributed by atoms with Gasteiger partial charge in [-0.05, 0) is 12.8 Å². The molecule has 0 heterocycles. The van der Waals surface area contributed by atoms with E-state index in [9.17, 15) is 4.79 Å². The maximum absolute atomic E-state index is 11.8. The van der Waals surface area contributed by atoms with Gasteiger partial charge in [0.15, 0.2) is 0 Å². The molecule has 0 aliphatic carbocycles. The summed E-state index contributed by atoms with van der Waals surface area (Å²) in [5.74, 6) is -0.418. The van der Waals surface area contributed by atoms with Crippen LogP contribution in [-0.2, 0) is 9.53 Å². The number of methoxy groups -OCH3 is 1. The predicted octanol–water partition coefficient (Wildman–Crippen LogP) is 0.696. The van der Waals surface area contributed by atoms with Crippen molar-refractivity contribution < 1.29 is 9.53 Å². The fraction of sp³-hybridized carbons (Fsp3) is 0.800. The van der Waals surface area contributed by atoms with Crippen LogP contribution in [0.3, 0.4) is 0 Å². The number of carbonyl (C=O) groups is 1. The fourth-order valence-electron chi connectivity index (χ4n) is 1.38. The molecule has 3 N–H and O–H groups in total. The van der Waals surface area contributed by atoms with Crippen molar-refractivity contribution in [1.29, 1.82) is 0 Å². The summed E-state index contributed by atoms with van der Waals surface area (Å²) in [5, 5.41) is 2.81. The molecule has 0 radical (unpaired) electrons. The number of hydrogen-bond acceptors (Lipinski definition) is 3. The zero-order valence-corrected chi connectivity index (χ0v) is 10.6. The van der Waals surface area contributed by atoms with Gasteiger partial charge in [-0.3, -0.25) is 4.79 Å². The van der Waals surface area contributed by atoms with E-state index < -0.39 is 5.92 Å². The Hall–Kier alpha value is -0.680. The van der Waals surface area contributed by atoms with Gasteiger partial charge in [-0.1, -0.05) is 26.1 Å². The van der Waals surface area contributed by atoms with E-state index in [1.807, 2.05) is 20.8 Å². The standard InChI is InChI=1S/C10H20N2O2S/c1-6(2)8(9(11)15)10(13)12-7(3)5-14-4/h6-8H,5H2,1-4H3,(H2,11,15)(H,12,13). The Morgan fingerprint density at radius 1 is 1.47 bits per heavy atom. The van der Waals surface area contributed by atoms with Crippen LogP contribution < -0.4 is 11.1 Å². The number of thiocarbonyl (C=S) groups is 1. The van der Waals surface area contributed by atoms with Gasteiger partial charge in [-0.2, -0.15) is 0 Å². The lowest BCUT2D eigenvalue weighted by Gasteiger charge is -2.21. The molecule has 1 amide bonds. The van der Waals surface area contributed by atoms with Crippen LogP contribution in [0.4, 0.5) is 0 Å². The van der Waals surface area contributed by atoms with Crippen LogP contribution in [-0.4, -0.2) is 30.7 Å². The number of ether oxygens (including phenoxy) is 1. The Bertz CT molecular complexity index is 231. The summed E-state index contributed by atoms with van der Waals surface area (Å²) in [5.41, 5.74) is 5.53. The number of carbonyl (C=O) groups excluding carboxylic acids is 1. The average Bonchev–Trinajstić information content (AvgIpc) is 2.01. The molecule has 0 spiro atoms. The molecule has 0 saturated heterocycles. The number of hydrogen-bond donors (Lipinski definition) is 2. The number of amides is 1. The summed E-state index contributed by atoms with van der Waals surface area (Å²) in [6, 6.07) is -0.0295. The van der Waals surface area contributed by atoms with Crippen molar-refractivity contribution in [3.05, 3.63) is 0 Å². The quantitative estimate of drug-likeness (QED) is 0.662. The number of rotatable bonds is 6. The van der Waals surface area contributed by atoms with E-state index in [0.717, 1.165) is 0 Å². The van der Waals surface area contributed by atoms with Crippen molar-refractivity contribution in [2.24, 2.45) is 17.6 Å². The lowest BCUT2D eigenvalue weighted by molar-refractivity contribution is -0.124. The molecule has 2 unspecified atom stereocenters. The Labute approximate surface area is 96.5 Å². The normalized spacial score (nSPS) is 14.7. The minimum atomic E-state index is -0.403. The third-order valence-electron chi connectivity index (χ3n) is 2.06. The van der Waals surface area contributed by atoms with Crippen LogP contribution in [0.2, 0.25) is 0 Å². The third-order valence-corrected chi connectivity index (χ3v) is 2.31. The van der Waals surface area contributed by atoms with Crippen molar-refractivity contribution in [3.8, 4) is 0 Å². The van der Waals surface area contributed by atoms with Crippen LogP contribution in [0.1, 0.15) is 20.8 Å². The second kappa shape index (κ2) is 6.74. The lowest BCUT2D eigenvalue weighted by Crippen LogP contribution is -2.45. The highest BCUT2D eigenvalue weighted by atomic mass is 32.1. The van der Waals surface area contributed by atoms with Gasteiger partial charge in [-0.15, -0.1) is 0 Å². The van der Waals surface area contributed by atoms with Crippen LogP contribution in [0.25, 0.3) is 0 Å². The van der Waals surface area contributed by atoms with Crippen molar-refractivity contribution in [1.82, 2.24) is 5.32 Å². The van der Waals surface area contributed by atoms with E-state index >= 15 is 0 Å². The van der Waals surface area contributed by atoms with Gasteiger partial charge in [0.25, 0.3) is 0 Å². The summed E-state index contributed by atoms with van der Waals surface area (Å²) < 4.78 is 4.93. The molecule has 15 heavy (non-hydrogen) atoms. The molecule has 0 saturated carbocycles. The molecule has 0 aromatic rings. The second-order valence-corrected chi connectivity index (χ2v) is 4.46. The molecule has 0 aromatic carbocycles. The zero-order chi connectivity index (χ0) is 12.0. The SMILES string of the molecule is COCC(C)NC(=O)C(C(N)=S)C(C)C. The highest BCUT2D eigenvalue weighted by molar-refractivity contribution is 7.80. The first-order valence-electron chi connectivity index (χ1n) is 4.98. The molecule has 0 rings (SSSR count). The molecule has 0 aliphatic heterocycles. The van der Waals surface area contributed by atoms with Crippen molar-refractivity contribution >= 4 is 23.1 Å². The number of nitrogens with two attached hydrogens (primary N) is 1. The third kappa shape index (κ3) is 5.09. The van der Waals surface area contributed by atoms with Gasteiger partial charge in [0, 0.05) is 13.2 Å². The smallest absolute Gasteiger partial charge is 0.230 e. The molecule has 4 nitrogen and oxygen atoms in total. The average molecular weight is 232 g/mol. The molecular weight excluding hydrogens is 212 g/mol. The first kappa shape index (κ1) is 14.3. The van der Waals surface area contributed by atoms with E-state index in [0.29, 0.717) is 6.61 Å². The number of nitrogens with one attached hydrogen (secondary N) is 1. The Morgan fingerprint density at radius 3 is 2.33 bits per heavy atom. The Kier molecular flexibility index (Phi) is 6.43. The highest BCUT2D eigenvalue weighted by Gasteiger charge is 2.25. The zero-order valence-electron chi connectivity index (χ0n) is 9.74. The summed E-state index contributed by atoms with van der Waals surface area (Å²) in [6.45, 7) is 6.20. The monoisotopic (exact) mass is 232 g/mol. The van der Waals surface area contributed by atoms with Crippen LogP contribution in [0, 0.1) is 11.8 Å². The van der Waals surface area contributed by atoms with Crippen molar-refractivity contribution in [2.45, 2.75) is 26.8 Å². The molecule has 0 aromatic heterocycles. The second-order valence-electron chi connectivity index (χ2n) is 3.99. The van der Waals surface area contributed by atoms with Crippen molar-refractivity contribution in [3.63, 3.8) is 0 Å². The van der Waals surface area contributed by atoms with E-state index in [1.54, 1.807) is 7.11 Å². The molecule has 2 atom stereocenters. The fourth-order valence-corrected chi connectivity index (χ4v) is 1.76. The summed E-state index contributed by atoms with van der Waals surface area (Å²) in [4.78, 5) is 12.0. The summed E-state index contributed by atoms with van der Waals surface area (Å²) >= 11 is 4.87. The Balaban J connectivity index is 4.33. The Morgan fingerprint density at radius 2 is 2.00 bits per heavy atom. The van der Waals surface area contributed by atoms with Gasteiger partial charge in [0.05, 0.1) is 17.5 Å². The molecule has 0 fully saturated rings. The van der Waals surface area contributed by atoms with Gasteiger partial charge < -0.3 is 15.8 Å². The molecule has 0 aliphatic rings. The first-order valence-corrected chi connectivity index (χ1v) is 5.39. The highest BCUT2D eigenvalue weighted by Crippen LogP contribution is 2.11. The molecule has 5 heteroatoms. The summed E-state index contributed by atoms with van der Waals surface area (Å²) in [6.07, 6.45) is 0. The van der Waals surface area contributed by atoms with E-state index in [4.69, 9.17) is 22.7 Å². The van der Waals surface area contributed by atoms with E-state index in [2.05, 4.69) is 5.32 Å².